The summed E-state index contributed by atoms with van der Waals surface area (Å²) in [6.07, 6.45) is 4.73. The Balaban J connectivity index is 1.76. The fraction of sp³-hybridized carbons (Fsp3) is 0.158. The van der Waals surface area contributed by atoms with Crippen LogP contribution in [0.2, 0.25) is 0 Å². The SMILES string of the molecule is C=C(CCOC)Nc1ccc(C2=CNC(=C)c3[nH]ccc32)cc1. The molecule has 0 saturated heterocycles. The fourth-order valence-corrected chi connectivity index (χ4v) is 2.62. The van der Waals surface area contributed by atoms with Gasteiger partial charge >= 0.3 is 0 Å². The van der Waals surface area contributed by atoms with Crippen LogP contribution in [0.25, 0.3) is 11.3 Å². The number of aromatic nitrogens is 1. The molecule has 0 unspecified atom stereocenters. The summed E-state index contributed by atoms with van der Waals surface area (Å²) in [6, 6.07) is 10.4. The number of H-pyrrole nitrogens is 1. The fourth-order valence-electron chi connectivity index (χ4n) is 2.62. The number of aromatic amines is 1. The molecule has 23 heavy (non-hydrogen) atoms. The van der Waals surface area contributed by atoms with Gasteiger partial charge in [-0.3, -0.25) is 0 Å². The number of anilines is 1. The van der Waals surface area contributed by atoms with E-state index in [4.69, 9.17) is 4.74 Å². The molecule has 118 valence electrons. The van der Waals surface area contributed by atoms with Crippen molar-refractivity contribution < 1.29 is 4.74 Å². The van der Waals surface area contributed by atoms with Crippen LogP contribution in [0.4, 0.5) is 5.69 Å². The van der Waals surface area contributed by atoms with Gasteiger partial charge in [0.2, 0.25) is 0 Å². The Morgan fingerprint density at radius 3 is 2.74 bits per heavy atom. The third-order valence-electron chi connectivity index (χ3n) is 3.85. The first-order chi connectivity index (χ1) is 11.2. The van der Waals surface area contributed by atoms with Crippen molar-refractivity contribution in [2.75, 3.05) is 19.0 Å². The third-order valence-corrected chi connectivity index (χ3v) is 3.85. The lowest BCUT2D eigenvalue weighted by atomic mass is 9.96. The van der Waals surface area contributed by atoms with Gasteiger partial charge in [-0.1, -0.05) is 25.3 Å². The van der Waals surface area contributed by atoms with E-state index < -0.39 is 0 Å². The predicted octanol–water partition coefficient (Wildman–Crippen LogP) is 3.94. The normalized spacial score (nSPS) is 13.1. The second-order valence-electron chi connectivity index (χ2n) is 5.50. The smallest absolute Gasteiger partial charge is 0.0693 e. The predicted molar refractivity (Wildman–Crippen MR) is 95.7 cm³/mol. The van der Waals surface area contributed by atoms with Crippen LogP contribution in [-0.2, 0) is 4.74 Å². The van der Waals surface area contributed by atoms with E-state index in [1.165, 1.54) is 5.56 Å². The number of hydrogen-bond acceptors (Lipinski definition) is 3. The van der Waals surface area contributed by atoms with Crippen molar-refractivity contribution >= 4 is 17.0 Å². The van der Waals surface area contributed by atoms with Crippen LogP contribution in [0.1, 0.15) is 23.2 Å². The van der Waals surface area contributed by atoms with Gasteiger partial charge in [0.15, 0.2) is 0 Å². The highest BCUT2D eigenvalue weighted by atomic mass is 16.5. The monoisotopic (exact) mass is 307 g/mol. The van der Waals surface area contributed by atoms with Crippen LogP contribution in [0.3, 0.4) is 0 Å². The molecule has 2 aromatic rings. The molecule has 1 aliphatic heterocycles. The molecule has 4 nitrogen and oxygen atoms in total. The van der Waals surface area contributed by atoms with Crippen LogP contribution >= 0.6 is 0 Å². The zero-order valence-electron chi connectivity index (χ0n) is 13.3. The molecule has 0 bridgehead atoms. The van der Waals surface area contributed by atoms with Crippen molar-refractivity contribution in [3.05, 3.63) is 78.4 Å². The molecule has 1 aromatic heterocycles. The molecule has 4 heteroatoms. The van der Waals surface area contributed by atoms with Gasteiger partial charge in [-0.2, -0.15) is 0 Å². The number of fused-ring (bicyclic) bond motifs is 1. The summed E-state index contributed by atoms with van der Waals surface area (Å²) >= 11 is 0. The maximum Gasteiger partial charge on any atom is 0.0693 e. The Morgan fingerprint density at radius 2 is 2.00 bits per heavy atom. The minimum atomic E-state index is 0.669. The van der Waals surface area contributed by atoms with Gasteiger partial charge in [0.05, 0.1) is 18.0 Å². The van der Waals surface area contributed by atoms with Crippen LogP contribution < -0.4 is 10.6 Å². The third kappa shape index (κ3) is 3.22. The van der Waals surface area contributed by atoms with Crippen molar-refractivity contribution in [2.45, 2.75) is 6.42 Å². The Bertz CT molecular complexity index is 753. The quantitative estimate of drug-likeness (QED) is 0.757. The Morgan fingerprint density at radius 1 is 1.22 bits per heavy atom. The summed E-state index contributed by atoms with van der Waals surface area (Å²) in [7, 11) is 1.69. The van der Waals surface area contributed by atoms with Gasteiger partial charge in [-0.05, 0) is 23.8 Å². The molecule has 1 aliphatic rings. The average Bonchev–Trinajstić information content (AvgIpc) is 3.05. The molecule has 0 atom stereocenters. The summed E-state index contributed by atoms with van der Waals surface area (Å²) in [6.45, 7) is 8.68. The average molecular weight is 307 g/mol. The van der Waals surface area contributed by atoms with Gasteiger partial charge < -0.3 is 20.4 Å². The first-order valence-electron chi connectivity index (χ1n) is 7.57. The van der Waals surface area contributed by atoms with E-state index in [1.807, 2.05) is 12.4 Å². The van der Waals surface area contributed by atoms with Crippen LogP contribution in [0.15, 0.2) is 61.6 Å². The topological polar surface area (TPSA) is 49.1 Å². The molecule has 3 rings (SSSR count). The van der Waals surface area contributed by atoms with Crippen LogP contribution in [0, 0.1) is 0 Å². The minimum absolute atomic E-state index is 0.669. The van der Waals surface area contributed by atoms with E-state index in [-0.39, 0.29) is 0 Å². The molecule has 0 fully saturated rings. The van der Waals surface area contributed by atoms with Gasteiger partial charge in [0.25, 0.3) is 0 Å². The second kappa shape index (κ2) is 6.58. The molecule has 0 aliphatic carbocycles. The highest BCUT2D eigenvalue weighted by Crippen LogP contribution is 2.32. The second-order valence-corrected chi connectivity index (χ2v) is 5.50. The number of nitrogens with one attached hydrogen (secondary N) is 3. The van der Waals surface area contributed by atoms with Crippen molar-refractivity contribution in [1.82, 2.24) is 10.3 Å². The Kier molecular flexibility index (Phi) is 4.35. The number of hydrogen-bond donors (Lipinski definition) is 3. The first-order valence-corrected chi connectivity index (χ1v) is 7.57. The zero-order chi connectivity index (χ0) is 16.2. The summed E-state index contributed by atoms with van der Waals surface area (Å²) in [5.41, 5.74) is 7.37. The largest absolute Gasteiger partial charge is 0.384 e. The molecular weight excluding hydrogens is 286 g/mol. The van der Waals surface area contributed by atoms with E-state index in [0.717, 1.165) is 40.3 Å². The summed E-state index contributed by atoms with van der Waals surface area (Å²) in [5.74, 6) is 0. The molecule has 0 spiro atoms. The summed E-state index contributed by atoms with van der Waals surface area (Å²) < 4.78 is 5.06. The van der Waals surface area contributed by atoms with E-state index in [1.54, 1.807) is 7.11 Å². The van der Waals surface area contributed by atoms with E-state index >= 15 is 0 Å². The molecule has 1 aromatic carbocycles. The van der Waals surface area contributed by atoms with Crippen molar-refractivity contribution in [1.29, 1.82) is 0 Å². The van der Waals surface area contributed by atoms with Gasteiger partial charge in [0, 0.05) is 48.4 Å². The number of ether oxygens (including phenoxy) is 1. The summed E-state index contributed by atoms with van der Waals surface area (Å²) in [5, 5.41) is 6.51. The highest BCUT2D eigenvalue weighted by Gasteiger charge is 2.17. The van der Waals surface area contributed by atoms with E-state index in [0.29, 0.717) is 6.61 Å². The van der Waals surface area contributed by atoms with Gasteiger partial charge in [-0.15, -0.1) is 0 Å². The minimum Gasteiger partial charge on any atom is -0.384 e. The summed E-state index contributed by atoms with van der Waals surface area (Å²) in [4.78, 5) is 3.23. The number of benzene rings is 1. The lowest BCUT2D eigenvalue weighted by Gasteiger charge is -2.18. The molecule has 2 heterocycles. The van der Waals surface area contributed by atoms with Crippen LogP contribution in [0.5, 0.6) is 0 Å². The molecule has 3 N–H and O–H groups in total. The molecule has 0 radical (unpaired) electrons. The lowest BCUT2D eigenvalue weighted by molar-refractivity contribution is 0.202. The zero-order valence-corrected chi connectivity index (χ0v) is 13.3. The maximum absolute atomic E-state index is 5.06. The van der Waals surface area contributed by atoms with Crippen LogP contribution in [-0.4, -0.2) is 18.7 Å². The first kappa shape index (κ1) is 15.2. The molecule has 0 saturated carbocycles. The van der Waals surface area contributed by atoms with Crippen molar-refractivity contribution in [3.63, 3.8) is 0 Å². The van der Waals surface area contributed by atoms with Gasteiger partial charge in [0.1, 0.15) is 0 Å². The Hall–Kier alpha value is -2.72. The maximum atomic E-state index is 5.06. The molecule has 0 amide bonds. The molecular formula is C19H21N3O. The number of methoxy groups -OCH3 is 1. The number of rotatable bonds is 6. The van der Waals surface area contributed by atoms with E-state index in [2.05, 4.69) is 59.1 Å². The lowest BCUT2D eigenvalue weighted by Crippen LogP contribution is -2.11. The standard InChI is InChI=1S/C19H21N3O/c1-13(9-11-23-3)22-16-6-4-15(5-7-16)18-12-21-14(2)19-17(18)8-10-20-19/h4-8,10,12,20-22H,1-2,9,11H2,3H3. The van der Waals surface area contributed by atoms with Crippen molar-refractivity contribution in [3.8, 4) is 0 Å². The highest BCUT2D eigenvalue weighted by molar-refractivity contribution is 5.89. The Labute approximate surface area is 136 Å². The van der Waals surface area contributed by atoms with Gasteiger partial charge in [-0.25, -0.2) is 0 Å². The van der Waals surface area contributed by atoms with E-state index in [9.17, 15) is 0 Å². The van der Waals surface area contributed by atoms with Crippen molar-refractivity contribution in [2.24, 2.45) is 0 Å².